The van der Waals surface area contributed by atoms with Gasteiger partial charge in [0.05, 0.1) is 4.90 Å². The summed E-state index contributed by atoms with van der Waals surface area (Å²) < 4.78 is 27.7. The zero-order valence-corrected chi connectivity index (χ0v) is 13.1. The molecule has 0 spiro atoms. The van der Waals surface area contributed by atoms with E-state index in [-0.39, 0.29) is 4.90 Å². The van der Waals surface area contributed by atoms with E-state index in [0.717, 1.165) is 5.56 Å². The minimum absolute atomic E-state index is 0.280. The first-order valence-corrected chi connectivity index (χ1v) is 7.99. The fraction of sp³-hybridized carbons (Fsp3) is 0.200. The first-order chi connectivity index (χ1) is 9.83. The number of nitrogens with one attached hydrogen (secondary N) is 2. The van der Waals surface area contributed by atoms with Crippen LogP contribution in [0.1, 0.15) is 16.7 Å². The fourth-order valence-corrected chi connectivity index (χ4v) is 3.80. The fourth-order valence-electron chi connectivity index (χ4n) is 2.29. The van der Waals surface area contributed by atoms with Gasteiger partial charge < -0.3 is 5.43 Å². The highest BCUT2D eigenvalue weighted by Crippen LogP contribution is 2.26. The number of nitrogen functional groups attached to an aromatic ring is 1. The van der Waals surface area contributed by atoms with Crippen molar-refractivity contribution < 1.29 is 8.42 Å². The van der Waals surface area contributed by atoms with Crippen molar-refractivity contribution in [2.75, 3.05) is 10.1 Å². The average molecular weight is 305 g/mol. The molecule has 0 heterocycles. The van der Waals surface area contributed by atoms with Crippen LogP contribution >= 0.6 is 0 Å². The summed E-state index contributed by atoms with van der Waals surface area (Å²) in [5.41, 5.74) is 6.11. The lowest BCUT2D eigenvalue weighted by Gasteiger charge is -2.14. The molecule has 2 aromatic rings. The largest absolute Gasteiger partial charge is 0.324 e. The maximum atomic E-state index is 12.6. The van der Waals surface area contributed by atoms with Gasteiger partial charge in [-0.3, -0.25) is 10.6 Å². The van der Waals surface area contributed by atoms with Crippen molar-refractivity contribution in [1.82, 2.24) is 0 Å². The summed E-state index contributed by atoms with van der Waals surface area (Å²) >= 11 is 0. The van der Waals surface area contributed by atoms with Crippen LogP contribution in [0.15, 0.2) is 41.3 Å². The molecule has 0 amide bonds. The summed E-state index contributed by atoms with van der Waals surface area (Å²) in [7, 11) is -3.63. The van der Waals surface area contributed by atoms with E-state index < -0.39 is 10.0 Å². The Hall–Kier alpha value is -2.05. The maximum absolute atomic E-state index is 12.6. The van der Waals surface area contributed by atoms with Crippen LogP contribution in [0.2, 0.25) is 0 Å². The van der Waals surface area contributed by atoms with Crippen molar-refractivity contribution in [3.8, 4) is 0 Å². The monoisotopic (exact) mass is 305 g/mol. The number of sulfonamides is 1. The summed E-state index contributed by atoms with van der Waals surface area (Å²) in [5, 5.41) is 0. The highest BCUT2D eigenvalue weighted by atomic mass is 32.2. The van der Waals surface area contributed by atoms with Crippen molar-refractivity contribution >= 4 is 21.4 Å². The van der Waals surface area contributed by atoms with Gasteiger partial charge in [-0.1, -0.05) is 17.7 Å². The molecule has 0 atom stereocenters. The third-order valence-corrected chi connectivity index (χ3v) is 4.89. The normalized spacial score (nSPS) is 11.2. The Morgan fingerprint density at radius 2 is 1.43 bits per heavy atom. The van der Waals surface area contributed by atoms with E-state index in [4.69, 9.17) is 5.84 Å². The molecular weight excluding hydrogens is 286 g/mol. The number of benzene rings is 2. The molecule has 0 fully saturated rings. The number of aryl methyl sites for hydroxylation is 3. The van der Waals surface area contributed by atoms with Crippen LogP contribution in [0, 0.1) is 20.8 Å². The van der Waals surface area contributed by atoms with Gasteiger partial charge in [0.2, 0.25) is 0 Å². The lowest BCUT2D eigenvalue weighted by atomic mass is 10.1. The lowest BCUT2D eigenvalue weighted by molar-refractivity contribution is 0.600. The van der Waals surface area contributed by atoms with Crippen LogP contribution in [0.25, 0.3) is 0 Å². The second-order valence-corrected chi connectivity index (χ2v) is 6.67. The molecule has 5 nitrogen and oxygen atoms in total. The Balaban J connectivity index is 2.42. The molecule has 6 heteroatoms. The van der Waals surface area contributed by atoms with Gasteiger partial charge in [-0.25, -0.2) is 8.42 Å². The smallest absolute Gasteiger partial charge is 0.262 e. The number of hydrogen-bond acceptors (Lipinski definition) is 4. The van der Waals surface area contributed by atoms with Crippen molar-refractivity contribution in [3.63, 3.8) is 0 Å². The Morgan fingerprint density at radius 1 is 0.905 bits per heavy atom. The summed E-state index contributed by atoms with van der Waals surface area (Å²) in [5.74, 6) is 5.37. The molecule has 4 N–H and O–H groups in total. The minimum atomic E-state index is -3.63. The first-order valence-electron chi connectivity index (χ1n) is 6.51. The number of nitrogens with two attached hydrogens (primary N) is 1. The van der Waals surface area contributed by atoms with Gasteiger partial charge in [-0.2, -0.15) is 0 Å². The van der Waals surface area contributed by atoms with Crippen LogP contribution in [-0.2, 0) is 10.0 Å². The highest BCUT2D eigenvalue weighted by Gasteiger charge is 2.20. The Bertz CT molecular complexity index is 730. The van der Waals surface area contributed by atoms with Gasteiger partial charge in [-0.15, -0.1) is 0 Å². The molecule has 0 bridgehead atoms. The molecule has 0 unspecified atom stereocenters. The second-order valence-electron chi connectivity index (χ2n) is 5.06. The Labute approximate surface area is 125 Å². The quantitative estimate of drug-likeness (QED) is 0.599. The predicted molar refractivity (Wildman–Crippen MR) is 85.7 cm³/mol. The number of rotatable bonds is 4. The van der Waals surface area contributed by atoms with Gasteiger partial charge >= 0.3 is 0 Å². The van der Waals surface area contributed by atoms with Crippen LogP contribution in [0.3, 0.4) is 0 Å². The van der Waals surface area contributed by atoms with Crippen LogP contribution < -0.4 is 16.0 Å². The third-order valence-electron chi connectivity index (χ3n) is 3.20. The average Bonchev–Trinajstić information content (AvgIpc) is 2.39. The third kappa shape index (κ3) is 3.34. The van der Waals surface area contributed by atoms with Crippen molar-refractivity contribution in [2.45, 2.75) is 25.7 Å². The highest BCUT2D eigenvalue weighted by molar-refractivity contribution is 7.92. The molecule has 0 aromatic heterocycles. The van der Waals surface area contributed by atoms with E-state index in [0.29, 0.717) is 22.5 Å². The molecule has 0 aliphatic rings. The Kier molecular flexibility index (Phi) is 4.20. The Morgan fingerprint density at radius 3 is 1.90 bits per heavy atom. The molecule has 0 radical (unpaired) electrons. The van der Waals surface area contributed by atoms with Crippen molar-refractivity contribution in [1.29, 1.82) is 0 Å². The van der Waals surface area contributed by atoms with E-state index in [1.165, 1.54) is 0 Å². The molecular formula is C15H19N3O2S. The van der Waals surface area contributed by atoms with E-state index in [1.807, 2.05) is 19.1 Å². The van der Waals surface area contributed by atoms with E-state index in [1.54, 1.807) is 38.1 Å². The molecule has 2 rings (SSSR count). The molecule has 112 valence electrons. The second kappa shape index (κ2) is 5.75. The van der Waals surface area contributed by atoms with Gasteiger partial charge in [-0.05, 0) is 56.2 Å². The lowest BCUT2D eigenvalue weighted by Crippen LogP contribution is -2.16. The van der Waals surface area contributed by atoms with Crippen LogP contribution in [0.5, 0.6) is 0 Å². The molecule has 21 heavy (non-hydrogen) atoms. The molecule has 0 saturated heterocycles. The number of hydrogen-bond donors (Lipinski definition) is 3. The van der Waals surface area contributed by atoms with E-state index >= 15 is 0 Å². The minimum Gasteiger partial charge on any atom is -0.324 e. The summed E-state index contributed by atoms with van der Waals surface area (Å²) in [6, 6.07) is 10.6. The molecule has 2 aromatic carbocycles. The van der Waals surface area contributed by atoms with Gasteiger partial charge in [0.25, 0.3) is 10.0 Å². The predicted octanol–water partition coefficient (Wildman–Crippen LogP) is 2.70. The number of hydrazine groups is 1. The number of anilines is 2. The SMILES string of the molecule is Cc1ccc(NS(=O)(=O)c2c(C)cc(NN)cc2C)cc1. The van der Waals surface area contributed by atoms with Gasteiger partial charge in [0.1, 0.15) is 0 Å². The summed E-state index contributed by atoms with van der Waals surface area (Å²) in [6.45, 7) is 5.44. The zero-order valence-electron chi connectivity index (χ0n) is 12.3. The van der Waals surface area contributed by atoms with E-state index in [2.05, 4.69) is 10.1 Å². The molecule has 0 aliphatic carbocycles. The van der Waals surface area contributed by atoms with Crippen molar-refractivity contribution in [3.05, 3.63) is 53.1 Å². The zero-order chi connectivity index (χ0) is 15.6. The summed E-state index contributed by atoms with van der Waals surface area (Å²) in [6.07, 6.45) is 0. The topological polar surface area (TPSA) is 84.2 Å². The van der Waals surface area contributed by atoms with E-state index in [9.17, 15) is 8.42 Å². The van der Waals surface area contributed by atoms with Gasteiger partial charge in [0.15, 0.2) is 0 Å². The maximum Gasteiger partial charge on any atom is 0.262 e. The summed E-state index contributed by atoms with van der Waals surface area (Å²) in [4.78, 5) is 0.280. The first kappa shape index (κ1) is 15.3. The van der Waals surface area contributed by atoms with Gasteiger partial charge in [0, 0.05) is 11.4 Å². The standard InChI is InChI=1S/C15H19N3O2S/c1-10-4-6-13(7-5-10)18-21(19,20)15-11(2)8-14(17-16)9-12(15)3/h4-9,17-18H,16H2,1-3H3. The molecule has 0 saturated carbocycles. The van der Waals surface area contributed by atoms with Crippen LogP contribution in [-0.4, -0.2) is 8.42 Å². The van der Waals surface area contributed by atoms with Crippen molar-refractivity contribution in [2.24, 2.45) is 5.84 Å². The molecule has 0 aliphatic heterocycles. The van der Waals surface area contributed by atoms with Crippen LogP contribution in [0.4, 0.5) is 11.4 Å².